The lowest BCUT2D eigenvalue weighted by atomic mass is 9.94. The molecule has 3 rings (SSSR count). The Labute approximate surface area is 158 Å². The molecule has 0 spiro atoms. The van der Waals surface area contributed by atoms with Gasteiger partial charge in [0.05, 0.1) is 5.92 Å². The van der Waals surface area contributed by atoms with Gasteiger partial charge in [-0.2, -0.15) is 0 Å². The van der Waals surface area contributed by atoms with E-state index in [9.17, 15) is 19.5 Å². The third-order valence-electron chi connectivity index (χ3n) is 5.20. The highest BCUT2D eigenvalue weighted by atomic mass is 16.4. The lowest BCUT2D eigenvalue weighted by Crippen LogP contribution is -2.43. The van der Waals surface area contributed by atoms with Gasteiger partial charge in [0.25, 0.3) is 0 Å². The Bertz CT molecular complexity index is 864. The van der Waals surface area contributed by atoms with Crippen LogP contribution in [-0.2, 0) is 20.8 Å². The number of nitrogens with zero attached hydrogens (tertiary/aromatic N) is 1. The standard InChI is InChI=1S/C21H24N2O4/c1-23-9-8-17(12-19(23)24)20(25)22-13-18(21(26)27)11-14-6-7-15-4-2-3-5-16(15)10-14/h2-7,10,17-18H,8-9,11-13H2,1H3,(H,22,25)(H,26,27)/t17-,18-/m0/s1. The lowest BCUT2D eigenvalue weighted by molar-refractivity contribution is -0.142. The Balaban J connectivity index is 1.61. The number of carboxylic acid groups (broad SMARTS) is 1. The summed E-state index contributed by atoms with van der Waals surface area (Å²) in [6.07, 6.45) is 1.13. The smallest absolute Gasteiger partial charge is 0.308 e. The zero-order valence-corrected chi connectivity index (χ0v) is 15.4. The van der Waals surface area contributed by atoms with Gasteiger partial charge < -0.3 is 15.3 Å². The van der Waals surface area contributed by atoms with E-state index in [-0.39, 0.29) is 30.7 Å². The summed E-state index contributed by atoms with van der Waals surface area (Å²) in [7, 11) is 1.72. The largest absolute Gasteiger partial charge is 0.481 e. The molecule has 2 atom stereocenters. The summed E-state index contributed by atoms with van der Waals surface area (Å²) < 4.78 is 0. The fraction of sp³-hybridized carbons (Fsp3) is 0.381. The summed E-state index contributed by atoms with van der Waals surface area (Å²) in [5.41, 5.74) is 0.921. The molecule has 1 aliphatic heterocycles. The molecule has 6 nitrogen and oxygen atoms in total. The molecule has 2 aromatic rings. The van der Waals surface area contributed by atoms with Gasteiger partial charge >= 0.3 is 5.97 Å². The van der Waals surface area contributed by atoms with Crippen molar-refractivity contribution in [3.05, 3.63) is 48.0 Å². The first kappa shape index (κ1) is 18.9. The van der Waals surface area contributed by atoms with E-state index in [0.717, 1.165) is 16.3 Å². The Hall–Kier alpha value is -2.89. The van der Waals surface area contributed by atoms with Crippen molar-refractivity contribution < 1.29 is 19.5 Å². The Morgan fingerprint density at radius 3 is 2.67 bits per heavy atom. The maximum Gasteiger partial charge on any atom is 0.308 e. The molecule has 1 fully saturated rings. The zero-order chi connectivity index (χ0) is 19.4. The normalized spacial score (nSPS) is 18.3. The number of rotatable bonds is 6. The summed E-state index contributed by atoms with van der Waals surface area (Å²) >= 11 is 0. The Kier molecular flexibility index (Phi) is 5.74. The first-order valence-corrected chi connectivity index (χ1v) is 9.16. The number of carboxylic acids is 1. The van der Waals surface area contributed by atoms with E-state index in [1.54, 1.807) is 11.9 Å². The predicted molar refractivity (Wildman–Crippen MR) is 102 cm³/mol. The molecule has 1 heterocycles. The third kappa shape index (κ3) is 4.64. The highest BCUT2D eigenvalue weighted by Gasteiger charge is 2.29. The molecule has 1 aliphatic rings. The average molecular weight is 368 g/mol. The number of carbonyl (C=O) groups is 3. The van der Waals surface area contributed by atoms with Crippen molar-refractivity contribution in [2.75, 3.05) is 20.1 Å². The fourth-order valence-corrected chi connectivity index (χ4v) is 3.43. The van der Waals surface area contributed by atoms with E-state index in [0.29, 0.717) is 19.4 Å². The molecule has 0 radical (unpaired) electrons. The molecule has 2 N–H and O–H groups in total. The second-order valence-corrected chi connectivity index (χ2v) is 7.17. The molecule has 1 saturated heterocycles. The number of benzene rings is 2. The van der Waals surface area contributed by atoms with Gasteiger partial charge in [0.2, 0.25) is 11.8 Å². The quantitative estimate of drug-likeness (QED) is 0.817. The van der Waals surface area contributed by atoms with Gasteiger partial charge in [-0.15, -0.1) is 0 Å². The molecular weight excluding hydrogens is 344 g/mol. The molecule has 0 aromatic heterocycles. The van der Waals surface area contributed by atoms with E-state index in [1.807, 2.05) is 42.5 Å². The highest BCUT2D eigenvalue weighted by Crippen LogP contribution is 2.19. The van der Waals surface area contributed by atoms with Gasteiger partial charge in [-0.1, -0.05) is 42.5 Å². The molecule has 27 heavy (non-hydrogen) atoms. The van der Waals surface area contributed by atoms with Crippen molar-refractivity contribution in [3.8, 4) is 0 Å². The number of fused-ring (bicyclic) bond motifs is 1. The van der Waals surface area contributed by atoms with Crippen LogP contribution in [0.2, 0.25) is 0 Å². The van der Waals surface area contributed by atoms with Crippen LogP contribution in [0.4, 0.5) is 0 Å². The molecule has 2 amide bonds. The van der Waals surface area contributed by atoms with Crippen molar-refractivity contribution in [3.63, 3.8) is 0 Å². The van der Waals surface area contributed by atoms with Crippen molar-refractivity contribution in [2.45, 2.75) is 19.3 Å². The van der Waals surface area contributed by atoms with Crippen LogP contribution >= 0.6 is 0 Å². The van der Waals surface area contributed by atoms with Crippen molar-refractivity contribution in [2.24, 2.45) is 11.8 Å². The molecular formula is C21H24N2O4. The monoisotopic (exact) mass is 368 g/mol. The molecule has 2 aromatic carbocycles. The molecule has 6 heteroatoms. The van der Waals surface area contributed by atoms with Crippen LogP contribution < -0.4 is 5.32 Å². The predicted octanol–water partition coefficient (Wildman–Crippen LogP) is 2.07. The lowest BCUT2D eigenvalue weighted by Gasteiger charge is -2.28. The first-order chi connectivity index (χ1) is 12.9. The van der Waals surface area contributed by atoms with E-state index in [4.69, 9.17) is 0 Å². The molecule has 0 saturated carbocycles. The number of likely N-dealkylation sites (tertiary alicyclic amines) is 1. The Morgan fingerprint density at radius 1 is 1.22 bits per heavy atom. The number of hydrogen-bond donors (Lipinski definition) is 2. The molecule has 0 bridgehead atoms. The van der Waals surface area contributed by atoms with Gasteiger partial charge in [-0.05, 0) is 29.2 Å². The number of nitrogens with one attached hydrogen (secondary N) is 1. The summed E-state index contributed by atoms with van der Waals surface area (Å²) in [5, 5.41) is 14.4. The van der Waals surface area contributed by atoms with Gasteiger partial charge in [0, 0.05) is 32.5 Å². The second-order valence-electron chi connectivity index (χ2n) is 7.17. The number of amides is 2. The van der Waals surface area contributed by atoms with Gasteiger partial charge in [-0.25, -0.2) is 0 Å². The maximum absolute atomic E-state index is 12.3. The van der Waals surface area contributed by atoms with Crippen LogP contribution in [0.3, 0.4) is 0 Å². The number of carbonyl (C=O) groups excluding carboxylic acids is 2. The molecule has 0 aliphatic carbocycles. The highest BCUT2D eigenvalue weighted by molar-refractivity contribution is 5.87. The van der Waals surface area contributed by atoms with E-state index >= 15 is 0 Å². The van der Waals surface area contributed by atoms with E-state index < -0.39 is 11.9 Å². The molecule has 142 valence electrons. The van der Waals surface area contributed by atoms with Crippen molar-refractivity contribution in [1.29, 1.82) is 0 Å². The minimum absolute atomic E-state index is 0.0488. The van der Waals surface area contributed by atoms with Crippen molar-refractivity contribution >= 4 is 28.6 Å². The topological polar surface area (TPSA) is 86.7 Å². The summed E-state index contributed by atoms with van der Waals surface area (Å²) in [5.74, 6) is -2.31. The SMILES string of the molecule is CN1CC[C@H](C(=O)NC[C@H](Cc2ccc3ccccc3c2)C(=O)O)CC1=O. The summed E-state index contributed by atoms with van der Waals surface area (Å²) in [6.45, 7) is 0.609. The van der Waals surface area contributed by atoms with E-state index in [2.05, 4.69) is 5.32 Å². The average Bonchev–Trinajstić information content (AvgIpc) is 2.66. The summed E-state index contributed by atoms with van der Waals surface area (Å²) in [6, 6.07) is 13.8. The fourth-order valence-electron chi connectivity index (χ4n) is 3.43. The molecule has 0 unspecified atom stereocenters. The third-order valence-corrected chi connectivity index (χ3v) is 5.20. The van der Waals surface area contributed by atoms with Crippen LogP contribution in [-0.4, -0.2) is 47.9 Å². The minimum atomic E-state index is -0.942. The van der Waals surface area contributed by atoms with Crippen LogP contribution in [0.5, 0.6) is 0 Å². The van der Waals surface area contributed by atoms with Crippen LogP contribution in [0.1, 0.15) is 18.4 Å². The second kappa shape index (κ2) is 8.20. The van der Waals surface area contributed by atoms with Gasteiger partial charge in [0.15, 0.2) is 0 Å². The number of piperidine rings is 1. The minimum Gasteiger partial charge on any atom is -0.481 e. The zero-order valence-electron chi connectivity index (χ0n) is 15.4. The summed E-state index contributed by atoms with van der Waals surface area (Å²) in [4.78, 5) is 37.3. The van der Waals surface area contributed by atoms with Crippen molar-refractivity contribution in [1.82, 2.24) is 10.2 Å². The number of aliphatic carboxylic acids is 1. The van der Waals surface area contributed by atoms with Crippen LogP contribution in [0, 0.1) is 11.8 Å². The van der Waals surface area contributed by atoms with Crippen LogP contribution in [0.25, 0.3) is 10.8 Å². The van der Waals surface area contributed by atoms with E-state index in [1.165, 1.54) is 0 Å². The first-order valence-electron chi connectivity index (χ1n) is 9.16. The van der Waals surface area contributed by atoms with Gasteiger partial charge in [0.1, 0.15) is 0 Å². The number of hydrogen-bond acceptors (Lipinski definition) is 3. The van der Waals surface area contributed by atoms with Crippen LogP contribution in [0.15, 0.2) is 42.5 Å². The van der Waals surface area contributed by atoms with Gasteiger partial charge in [-0.3, -0.25) is 14.4 Å². The Morgan fingerprint density at radius 2 is 1.96 bits per heavy atom. The maximum atomic E-state index is 12.3.